The molecular weight excluding hydrogens is 396 g/mol. The predicted octanol–water partition coefficient (Wildman–Crippen LogP) is 4.89. The molecular formula is C27H32N4O. The van der Waals surface area contributed by atoms with Crippen molar-refractivity contribution in [3.63, 3.8) is 0 Å². The van der Waals surface area contributed by atoms with Crippen molar-refractivity contribution < 1.29 is 4.79 Å². The van der Waals surface area contributed by atoms with Crippen LogP contribution in [0.2, 0.25) is 0 Å². The SMILES string of the molecule is CCN1CCC(C2=CN3C(=O)C=C(c4ccc5nn(C)cc5c4)C(C)CC=C3C=C2)CC1. The lowest BCUT2D eigenvalue weighted by Gasteiger charge is -2.34. The normalized spacial score (nSPS) is 22.8. The summed E-state index contributed by atoms with van der Waals surface area (Å²) in [5.41, 5.74) is 5.46. The number of hydrogen-bond donors (Lipinski definition) is 0. The summed E-state index contributed by atoms with van der Waals surface area (Å²) in [6, 6.07) is 6.30. The second-order valence-electron chi connectivity index (χ2n) is 9.32. The number of carbonyl (C=O) groups is 1. The van der Waals surface area contributed by atoms with E-state index in [1.54, 1.807) is 0 Å². The number of nitrogens with zero attached hydrogens (tertiary/aromatic N) is 4. The Kier molecular flexibility index (Phi) is 5.60. The van der Waals surface area contributed by atoms with Crippen molar-refractivity contribution in [2.75, 3.05) is 19.6 Å². The molecule has 1 fully saturated rings. The van der Waals surface area contributed by atoms with E-state index in [2.05, 4.69) is 60.4 Å². The number of aromatic nitrogens is 2. The van der Waals surface area contributed by atoms with Gasteiger partial charge in [-0.05, 0) is 85.7 Å². The number of piperidine rings is 1. The van der Waals surface area contributed by atoms with Gasteiger partial charge in [-0.15, -0.1) is 0 Å². The van der Waals surface area contributed by atoms with E-state index in [4.69, 9.17) is 0 Å². The Hall–Kier alpha value is -2.92. The van der Waals surface area contributed by atoms with Gasteiger partial charge in [0.15, 0.2) is 0 Å². The molecule has 5 rings (SSSR count). The molecule has 0 bridgehead atoms. The Morgan fingerprint density at radius 1 is 1.16 bits per heavy atom. The van der Waals surface area contributed by atoms with Crippen LogP contribution in [-0.2, 0) is 11.8 Å². The Bertz CT molecular complexity index is 1160. The number of allylic oxidation sites excluding steroid dienone is 5. The average Bonchev–Trinajstić information content (AvgIpc) is 3.19. The second-order valence-corrected chi connectivity index (χ2v) is 9.32. The van der Waals surface area contributed by atoms with Crippen LogP contribution in [0.25, 0.3) is 16.5 Å². The molecule has 1 aromatic heterocycles. The number of fused-ring (bicyclic) bond motifs is 2. The van der Waals surface area contributed by atoms with Crippen LogP contribution in [0.15, 0.2) is 66.2 Å². The lowest BCUT2D eigenvalue weighted by Crippen LogP contribution is -2.35. The smallest absolute Gasteiger partial charge is 0.255 e. The molecule has 1 unspecified atom stereocenters. The van der Waals surface area contributed by atoms with Crippen LogP contribution in [0.4, 0.5) is 0 Å². The van der Waals surface area contributed by atoms with Gasteiger partial charge in [-0.25, -0.2) is 0 Å². The molecule has 32 heavy (non-hydrogen) atoms. The number of carbonyl (C=O) groups excluding carboxylic acids is 1. The zero-order chi connectivity index (χ0) is 22.2. The molecule has 0 spiro atoms. The van der Waals surface area contributed by atoms with Gasteiger partial charge in [0.2, 0.25) is 0 Å². The summed E-state index contributed by atoms with van der Waals surface area (Å²) < 4.78 is 1.84. The Morgan fingerprint density at radius 2 is 1.97 bits per heavy atom. The third-order valence-corrected chi connectivity index (χ3v) is 7.19. The lowest BCUT2D eigenvalue weighted by atomic mass is 9.86. The fourth-order valence-corrected chi connectivity index (χ4v) is 5.18. The van der Waals surface area contributed by atoms with E-state index in [1.807, 2.05) is 35.0 Å². The van der Waals surface area contributed by atoms with E-state index in [0.29, 0.717) is 5.92 Å². The monoisotopic (exact) mass is 428 g/mol. The van der Waals surface area contributed by atoms with Crippen LogP contribution in [-0.4, -0.2) is 45.1 Å². The van der Waals surface area contributed by atoms with Gasteiger partial charge in [0, 0.05) is 36.6 Å². The van der Waals surface area contributed by atoms with E-state index in [0.717, 1.165) is 66.6 Å². The molecule has 0 aliphatic carbocycles. The minimum absolute atomic E-state index is 0.0388. The van der Waals surface area contributed by atoms with Gasteiger partial charge in [0.1, 0.15) is 0 Å². The summed E-state index contributed by atoms with van der Waals surface area (Å²) in [4.78, 5) is 17.8. The molecule has 1 saturated heterocycles. The fourth-order valence-electron chi connectivity index (χ4n) is 5.18. The second kappa shape index (κ2) is 8.55. The summed E-state index contributed by atoms with van der Waals surface area (Å²) in [5.74, 6) is 0.834. The maximum absolute atomic E-state index is 13.4. The molecule has 0 N–H and O–H groups in total. The third kappa shape index (κ3) is 3.97. The summed E-state index contributed by atoms with van der Waals surface area (Å²) in [6.07, 6.45) is 15.8. The molecule has 2 aromatic rings. The number of benzene rings is 1. The van der Waals surface area contributed by atoms with Crippen molar-refractivity contribution in [1.82, 2.24) is 19.6 Å². The predicted molar refractivity (Wildman–Crippen MR) is 129 cm³/mol. The van der Waals surface area contributed by atoms with E-state index in [-0.39, 0.29) is 11.8 Å². The number of likely N-dealkylation sites (tertiary alicyclic amines) is 1. The quantitative estimate of drug-likeness (QED) is 0.699. The first kappa shape index (κ1) is 21.0. The van der Waals surface area contributed by atoms with Crippen LogP contribution in [0, 0.1) is 11.8 Å². The van der Waals surface area contributed by atoms with Gasteiger partial charge in [-0.1, -0.05) is 32.1 Å². The first-order chi connectivity index (χ1) is 15.5. The van der Waals surface area contributed by atoms with E-state index < -0.39 is 0 Å². The Morgan fingerprint density at radius 3 is 2.75 bits per heavy atom. The number of rotatable bonds is 3. The molecule has 5 heteroatoms. The minimum atomic E-state index is 0.0388. The van der Waals surface area contributed by atoms with Gasteiger partial charge >= 0.3 is 0 Å². The molecule has 3 aliphatic heterocycles. The van der Waals surface area contributed by atoms with Crippen molar-refractivity contribution >= 4 is 22.4 Å². The van der Waals surface area contributed by atoms with Crippen molar-refractivity contribution in [3.05, 3.63) is 71.7 Å². The van der Waals surface area contributed by atoms with Crippen molar-refractivity contribution in [1.29, 1.82) is 0 Å². The molecule has 0 saturated carbocycles. The number of hydrogen-bond acceptors (Lipinski definition) is 3. The van der Waals surface area contributed by atoms with E-state index in [1.165, 1.54) is 5.57 Å². The topological polar surface area (TPSA) is 41.4 Å². The Labute approximate surface area is 190 Å². The molecule has 4 heterocycles. The van der Waals surface area contributed by atoms with E-state index in [9.17, 15) is 4.79 Å². The molecule has 3 aliphatic rings. The first-order valence-corrected chi connectivity index (χ1v) is 11.8. The van der Waals surface area contributed by atoms with Crippen LogP contribution in [0.1, 0.15) is 38.7 Å². The zero-order valence-corrected chi connectivity index (χ0v) is 19.3. The van der Waals surface area contributed by atoms with Gasteiger partial charge in [-0.2, -0.15) is 5.10 Å². The summed E-state index contributed by atoms with van der Waals surface area (Å²) in [5, 5.41) is 5.58. The fraction of sp³-hybridized carbons (Fsp3) is 0.407. The Balaban J connectivity index is 1.44. The van der Waals surface area contributed by atoms with Crippen LogP contribution >= 0.6 is 0 Å². The summed E-state index contributed by atoms with van der Waals surface area (Å²) in [7, 11) is 1.94. The van der Waals surface area contributed by atoms with Crippen LogP contribution < -0.4 is 0 Å². The highest BCUT2D eigenvalue weighted by Crippen LogP contribution is 2.34. The van der Waals surface area contributed by atoms with Gasteiger partial charge in [0.05, 0.1) is 5.52 Å². The first-order valence-electron chi connectivity index (χ1n) is 11.8. The van der Waals surface area contributed by atoms with Gasteiger partial charge in [0.25, 0.3) is 5.91 Å². The van der Waals surface area contributed by atoms with E-state index >= 15 is 0 Å². The van der Waals surface area contributed by atoms with Gasteiger partial charge in [-0.3, -0.25) is 14.4 Å². The number of amides is 1. The molecule has 1 aromatic carbocycles. The van der Waals surface area contributed by atoms with Crippen molar-refractivity contribution in [2.24, 2.45) is 18.9 Å². The maximum atomic E-state index is 13.4. The minimum Gasteiger partial charge on any atom is -0.304 e. The average molecular weight is 429 g/mol. The van der Waals surface area contributed by atoms with Crippen LogP contribution in [0.3, 0.4) is 0 Å². The lowest BCUT2D eigenvalue weighted by molar-refractivity contribution is -0.122. The largest absolute Gasteiger partial charge is 0.304 e. The number of aryl methyl sites for hydroxylation is 1. The molecule has 5 nitrogen and oxygen atoms in total. The molecule has 0 radical (unpaired) electrons. The molecule has 1 atom stereocenters. The standard InChI is InChI=1S/C27H32N4O/c1-4-30-13-11-20(12-14-30)22-6-9-24-8-5-19(2)25(16-27(32)31(24)18-22)21-7-10-26-23(15-21)17-29(3)28-26/h6-10,15-20H,4-5,11-14H2,1-3H3. The van der Waals surface area contributed by atoms with Crippen LogP contribution in [0.5, 0.6) is 0 Å². The highest BCUT2D eigenvalue weighted by Gasteiger charge is 2.26. The summed E-state index contributed by atoms with van der Waals surface area (Å²) >= 11 is 0. The molecule has 1 amide bonds. The highest BCUT2D eigenvalue weighted by atomic mass is 16.2. The van der Waals surface area contributed by atoms with Gasteiger partial charge < -0.3 is 4.90 Å². The maximum Gasteiger partial charge on any atom is 0.255 e. The highest BCUT2D eigenvalue weighted by molar-refractivity contribution is 5.99. The van der Waals surface area contributed by atoms with Crippen molar-refractivity contribution in [2.45, 2.75) is 33.1 Å². The zero-order valence-electron chi connectivity index (χ0n) is 19.3. The summed E-state index contributed by atoms with van der Waals surface area (Å²) in [6.45, 7) is 7.83. The van der Waals surface area contributed by atoms with Crippen molar-refractivity contribution in [3.8, 4) is 0 Å². The molecule has 166 valence electrons. The third-order valence-electron chi connectivity index (χ3n) is 7.19.